The van der Waals surface area contributed by atoms with Crippen LogP contribution >= 0.6 is 0 Å². The third-order valence-corrected chi connectivity index (χ3v) is 6.06. The fourth-order valence-electron chi connectivity index (χ4n) is 3.10. The molecule has 0 unspecified atom stereocenters. The zero-order valence-electron chi connectivity index (χ0n) is 19.9. The second kappa shape index (κ2) is 11.1. The third kappa shape index (κ3) is 8.15. The molecule has 0 aromatic heterocycles. The molecule has 9 heteroatoms. The minimum absolute atomic E-state index is 0.0753. The number of hydrogen-bond acceptors (Lipinski definition) is 5. The van der Waals surface area contributed by atoms with Crippen molar-refractivity contribution in [2.75, 3.05) is 11.3 Å². The topological polar surface area (TPSA) is 114 Å². The highest BCUT2D eigenvalue weighted by Crippen LogP contribution is 2.21. The molecular formula is C26H29N3O5S. The summed E-state index contributed by atoms with van der Waals surface area (Å²) in [5, 5.41) is 5.24. The molecule has 0 aliphatic rings. The van der Waals surface area contributed by atoms with Crippen molar-refractivity contribution in [3.63, 3.8) is 0 Å². The van der Waals surface area contributed by atoms with Crippen LogP contribution in [0.15, 0.2) is 83.8 Å². The molecule has 0 fully saturated rings. The van der Waals surface area contributed by atoms with Crippen LogP contribution in [-0.4, -0.2) is 32.3 Å². The first-order valence-electron chi connectivity index (χ1n) is 11.0. The Morgan fingerprint density at radius 1 is 0.886 bits per heavy atom. The van der Waals surface area contributed by atoms with E-state index in [1.165, 1.54) is 24.3 Å². The third-order valence-electron chi connectivity index (χ3n) is 4.69. The molecular weight excluding hydrogens is 466 g/mol. The number of nitrogens with one attached hydrogen (secondary N) is 3. The maximum absolute atomic E-state index is 12.9. The molecule has 0 saturated heterocycles. The highest BCUT2D eigenvalue weighted by atomic mass is 32.2. The molecule has 0 heterocycles. The highest BCUT2D eigenvalue weighted by molar-refractivity contribution is 7.92. The van der Waals surface area contributed by atoms with Crippen LogP contribution in [0.4, 0.5) is 5.69 Å². The van der Waals surface area contributed by atoms with E-state index in [4.69, 9.17) is 4.74 Å². The summed E-state index contributed by atoms with van der Waals surface area (Å²) in [6, 6.07) is 21.9. The number of benzene rings is 3. The number of sulfonamides is 1. The van der Waals surface area contributed by atoms with Crippen molar-refractivity contribution in [3.05, 3.63) is 90.0 Å². The van der Waals surface area contributed by atoms with Gasteiger partial charge in [-0.3, -0.25) is 14.3 Å². The van der Waals surface area contributed by atoms with E-state index in [1.807, 2.05) is 51.1 Å². The summed E-state index contributed by atoms with van der Waals surface area (Å²) in [6.45, 7) is 5.68. The van der Waals surface area contributed by atoms with Gasteiger partial charge in [-0.2, -0.15) is 0 Å². The molecule has 8 nitrogen and oxygen atoms in total. The van der Waals surface area contributed by atoms with Crippen molar-refractivity contribution < 1.29 is 22.7 Å². The summed E-state index contributed by atoms with van der Waals surface area (Å²) < 4.78 is 33.9. The molecule has 3 rings (SSSR count). The molecule has 0 bridgehead atoms. The van der Waals surface area contributed by atoms with Gasteiger partial charge in [0, 0.05) is 16.8 Å². The Morgan fingerprint density at radius 2 is 1.57 bits per heavy atom. The van der Waals surface area contributed by atoms with Crippen LogP contribution in [0.25, 0.3) is 0 Å². The monoisotopic (exact) mass is 495 g/mol. The van der Waals surface area contributed by atoms with Crippen LogP contribution < -0.4 is 20.1 Å². The van der Waals surface area contributed by atoms with Crippen molar-refractivity contribution in [3.8, 4) is 5.75 Å². The van der Waals surface area contributed by atoms with E-state index in [9.17, 15) is 18.0 Å². The predicted octanol–water partition coefficient (Wildman–Crippen LogP) is 3.71. The Bertz CT molecular complexity index is 1270. The number of anilines is 1. The molecule has 184 valence electrons. The van der Waals surface area contributed by atoms with Crippen LogP contribution in [0, 0.1) is 0 Å². The molecule has 0 atom stereocenters. The molecule has 3 aromatic carbocycles. The summed E-state index contributed by atoms with van der Waals surface area (Å²) in [6.07, 6.45) is 0. The number of carbonyl (C=O) groups is 2. The van der Waals surface area contributed by atoms with Gasteiger partial charge in [-0.05, 0) is 68.8 Å². The highest BCUT2D eigenvalue weighted by Gasteiger charge is 2.18. The average Bonchev–Trinajstić information content (AvgIpc) is 2.81. The minimum Gasteiger partial charge on any atom is -0.489 e. The summed E-state index contributed by atoms with van der Waals surface area (Å²) in [4.78, 5) is 24.3. The molecule has 0 aliphatic heterocycles. The van der Waals surface area contributed by atoms with Gasteiger partial charge in [-0.15, -0.1) is 0 Å². The van der Waals surface area contributed by atoms with Crippen molar-refractivity contribution in [2.24, 2.45) is 0 Å². The van der Waals surface area contributed by atoms with Gasteiger partial charge in [0.1, 0.15) is 12.4 Å². The van der Waals surface area contributed by atoms with E-state index >= 15 is 0 Å². The Morgan fingerprint density at radius 3 is 2.23 bits per heavy atom. The smallest absolute Gasteiger partial charge is 0.261 e. The number of carbonyl (C=O) groups excluding carboxylic acids is 2. The predicted molar refractivity (Wildman–Crippen MR) is 135 cm³/mol. The molecule has 35 heavy (non-hydrogen) atoms. The van der Waals surface area contributed by atoms with E-state index < -0.39 is 21.5 Å². The van der Waals surface area contributed by atoms with Crippen LogP contribution in [0.1, 0.15) is 36.7 Å². The average molecular weight is 496 g/mol. The van der Waals surface area contributed by atoms with Gasteiger partial charge in [0.25, 0.3) is 15.9 Å². The van der Waals surface area contributed by atoms with Crippen LogP contribution in [0.2, 0.25) is 0 Å². The summed E-state index contributed by atoms with van der Waals surface area (Å²) in [7, 11) is -3.94. The Hall–Kier alpha value is -3.85. The van der Waals surface area contributed by atoms with Crippen LogP contribution in [0.3, 0.4) is 0 Å². The Kier molecular flexibility index (Phi) is 8.14. The van der Waals surface area contributed by atoms with E-state index in [1.54, 1.807) is 24.3 Å². The Labute approximate surface area is 205 Å². The normalized spacial score (nSPS) is 11.4. The maximum Gasteiger partial charge on any atom is 0.261 e. The van der Waals surface area contributed by atoms with Crippen LogP contribution in [0.5, 0.6) is 5.75 Å². The molecule has 3 aromatic rings. The zero-order chi connectivity index (χ0) is 25.5. The number of ether oxygens (including phenoxy) is 1. The Balaban J connectivity index is 1.60. The molecule has 0 aliphatic carbocycles. The van der Waals surface area contributed by atoms with Gasteiger partial charge >= 0.3 is 0 Å². The first-order chi connectivity index (χ1) is 16.5. The fraction of sp³-hybridized carbons (Fsp3) is 0.231. The summed E-state index contributed by atoms with van der Waals surface area (Å²) in [5.74, 6) is -0.288. The SMILES string of the molecule is CC(C)(C)NC(=O)CNC(=O)c1cccc(S(=O)(=O)Nc2ccc(OCc3ccccc3)cc2)c1. The first-order valence-corrected chi connectivity index (χ1v) is 12.5. The van der Waals surface area contributed by atoms with Crippen molar-refractivity contribution in [1.82, 2.24) is 10.6 Å². The van der Waals surface area contributed by atoms with Crippen LogP contribution in [-0.2, 0) is 21.4 Å². The minimum atomic E-state index is -3.94. The largest absolute Gasteiger partial charge is 0.489 e. The van der Waals surface area contributed by atoms with E-state index in [0.717, 1.165) is 5.56 Å². The van der Waals surface area contributed by atoms with Gasteiger partial charge in [0.15, 0.2) is 0 Å². The van der Waals surface area contributed by atoms with E-state index in [0.29, 0.717) is 18.0 Å². The van der Waals surface area contributed by atoms with E-state index in [2.05, 4.69) is 15.4 Å². The van der Waals surface area contributed by atoms with E-state index in [-0.39, 0.29) is 22.9 Å². The lowest BCUT2D eigenvalue weighted by atomic mass is 10.1. The number of hydrogen-bond donors (Lipinski definition) is 3. The van der Waals surface area contributed by atoms with Crippen molar-refractivity contribution >= 4 is 27.5 Å². The van der Waals surface area contributed by atoms with Gasteiger partial charge in [-0.25, -0.2) is 8.42 Å². The zero-order valence-corrected chi connectivity index (χ0v) is 20.7. The lowest BCUT2D eigenvalue weighted by molar-refractivity contribution is -0.121. The number of amides is 2. The quantitative estimate of drug-likeness (QED) is 0.419. The second-order valence-corrected chi connectivity index (χ2v) is 10.6. The van der Waals surface area contributed by atoms with Gasteiger partial charge in [0.2, 0.25) is 5.91 Å². The first kappa shape index (κ1) is 25.8. The molecule has 3 N–H and O–H groups in total. The molecule has 0 radical (unpaired) electrons. The van der Waals surface area contributed by atoms with Gasteiger partial charge < -0.3 is 15.4 Å². The second-order valence-electron chi connectivity index (χ2n) is 8.91. The fourth-order valence-corrected chi connectivity index (χ4v) is 4.21. The molecule has 0 saturated carbocycles. The molecule has 0 spiro atoms. The number of rotatable bonds is 9. The standard InChI is InChI=1S/C26H29N3O5S/c1-26(2,3)28-24(30)17-27-25(31)20-10-7-11-23(16-20)35(32,33)29-21-12-14-22(15-13-21)34-18-19-8-5-4-6-9-19/h4-16,29H,17-18H2,1-3H3,(H,27,31)(H,28,30). The van der Waals surface area contributed by atoms with Crippen molar-refractivity contribution in [1.29, 1.82) is 0 Å². The maximum atomic E-state index is 12.9. The summed E-state index contributed by atoms with van der Waals surface area (Å²) >= 11 is 0. The van der Waals surface area contributed by atoms with Gasteiger partial charge in [0.05, 0.1) is 11.4 Å². The lowest BCUT2D eigenvalue weighted by Gasteiger charge is -2.20. The van der Waals surface area contributed by atoms with Crippen molar-refractivity contribution in [2.45, 2.75) is 37.8 Å². The summed E-state index contributed by atoms with van der Waals surface area (Å²) in [5.41, 5.74) is 1.08. The lowest BCUT2D eigenvalue weighted by Crippen LogP contribution is -2.45. The molecule has 2 amide bonds. The van der Waals surface area contributed by atoms with Gasteiger partial charge in [-0.1, -0.05) is 36.4 Å².